The van der Waals surface area contributed by atoms with Crippen LogP contribution in [0.3, 0.4) is 0 Å². The quantitative estimate of drug-likeness (QED) is 0.884. The topological polar surface area (TPSA) is 34.1 Å². The first-order valence-corrected chi connectivity index (χ1v) is 8.20. The zero-order chi connectivity index (χ0) is 15.5. The first kappa shape index (κ1) is 16.3. The van der Waals surface area contributed by atoms with Crippen molar-refractivity contribution in [3.8, 4) is 5.88 Å². The van der Waals surface area contributed by atoms with Crippen molar-refractivity contribution in [3.63, 3.8) is 0 Å². The molecule has 118 valence electrons. The lowest BCUT2D eigenvalue weighted by Gasteiger charge is -2.23. The summed E-state index contributed by atoms with van der Waals surface area (Å²) in [5.41, 5.74) is 3.60. The van der Waals surface area contributed by atoms with Gasteiger partial charge in [0, 0.05) is 23.3 Å². The molecule has 1 aromatic rings. The lowest BCUT2D eigenvalue weighted by atomic mass is 10.1. The summed E-state index contributed by atoms with van der Waals surface area (Å²) in [5, 5.41) is 3.55. The van der Waals surface area contributed by atoms with Gasteiger partial charge in [0.05, 0.1) is 6.61 Å². The number of rotatable bonds is 5. The number of aromatic nitrogens is 1. The average molecular weight is 290 g/mol. The Morgan fingerprint density at radius 1 is 1.24 bits per heavy atom. The largest absolute Gasteiger partial charge is 0.477 e. The minimum atomic E-state index is 0.0973. The van der Waals surface area contributed by atoms with Gasteiger partial charge in [-0.15, -0.1) is 0 Å². The number of hydrogen-bond acceptors (Lipinski definition) is 3. The monoisotopic (exact) mass is 290 g/mol. The molecule has 0 bridgehead atoms. The molecule has 21 heavy (non-hydrogen) atoms. The number of nitrogens with zero attached hydrogens (tertiary/aromatic N) is 1. The number of aryl methyl sites for hydroxylation is 2. The highest BCUT2D eigenvalue weighted by Gasteiger charge is 2.18. The van der Waals surface area contributed by atoms with Gasteiger partial charge in [0.1, 0.15) is 0 Å². The van der Waals surface area contributed by atoms with Gasteiger partial charge in [-0.3, -0.25) is 0 Å². The van der Waals surface area contributed by atoms with E-state index in [1.165, 1.54) is 36.8 Å². The summed E-state index contributed by atoms with van der Waals surface area (Å²) in [4.78, 5) is 4.63. The summed E-state index contributed by atoms with van der Waals surface area (Å²) in [6.07, 6.45) is 5.32. The van der Waals surface area contributed by atoms with Crippen molar-refractivity contribution in [1.82, 2.24) is 10.3 Å². The maximum atomic E-state index is 6.10. The predicted molar refractivity (Wildman–Crippen MR) is 87.8 cm³/mol. The van der Waals surface area contributed by atoms with E-state index in [-0.39, 0.29) is 5.54 Å². The molecule has 0 saturated heterocycles. The number of pyridine rings is 1. The highest BCUT2D eigenvalue weighted by molar-refractivity contribution is 5.36. The molecule has 0 unspecified atom stereocenters. The Morgan fingerprint density at radius 2 is 1.90 bits per heavy atom. The third-order valence-corrected chi connectivity index (χ3v) is 4.16. The fraction of sp³-hybridized carbons (Fsp3) is 0.722. The summed E-state index contributed by atoms with van der Waals surface area (Å²) in [5.74, 6) is 1.55. The van der Waals surface area contributed by atoms with Crippen LogP contribution in [0.5, 0.6) is 5.88 Å². The van der Waals surface area contributed by atoms with Gasteiger partial charge in [0.15, 0.2) is 0 Å². The second kappa shape index (κ2) is 6.78. The van der Waals surface area contributed by atoms with E-state index in [1.807, 2.05) is 6.92 Å². The van der Waals surface area contributed by atoms with Gasteiger partial charge in [0.25, 0.3) is 0 Å². The van der Waals surface area contributed by atoms with Gasteiger partial charge < -0.3 is 10.1 Å². The van der Waals surface area contributed by atoms with Crippen LogP contribution in [0, 0.1) is 19.8 Å². The van der Waals surface area contributed by atoms with Crippen LogP contribution < -0.4 is 10.1 Å². The maximum Gasteiger partial charge on any atom is 0.218 e. The van der Waals surface area contributed by atoms with Crippen LogP contribution in [0.4, 0.5) is 0 Å². The van der Waals surface area contributed by atoms with Crippen LogP contribution in [0.1, 0.15) is 63.3 Å². The molecule has 2 rings (SSSR count). The molecule has 0 atom stereocenters. The molecule has 3 nitrogen and oxygen atoms in total. The third kappa shape index (κ3) is 4.99. The number of ether oxygens (including phenoxy) is 1. The molecule has 1 saturated carbocycles. The molecule has 1 N–H and O–H groups in total. The van der Waals surface area contributed by atoms with E-state index < -0.39 is 0 Å². The Balaban J connectivity index is 2.09. The Morgan fingerprint density at radius 3 is 2.52 bits per heavy atom. The Bertz CT molecular complexity index is 471. The Hall–Kier alpha value is -1.09. The van der Waals surface area contributed by atoms with Crippen molar-refractivity contribution in [2.75, 3.05) is 6.61 Å². The molecule has 0 radical (unpaired) electrons. The number of hydrogen-bond donors (Lipinski definition) is 1. The Kier molecular flexibility index (Phi) is 5.26. The molecular formula is C18H30N2O. The normalized spacial score (nSPS) is 16.4. The summed E-state index contributed by atoms with van der Waals surface area (Å²) in [6.45, 7) is 12.4. The van der Waals surface area contributed by atoms with Gasteiger partial charge in [0.2, 0.25) is 5.88 Å². The minimum absolute atomic E-state index is 0.0973. The minimum Gasteiger partial charge on any atom is -0.477 e. The first-order valence-electron chi connectivity index (χ1n) is 8.20. The maximum absolute atomic E-state index is 6.10. The van der Waals surface area contributed by atoms with E-state index in [9.17, 15) is 0 Å². The van der Waals surface area contributed by atoms with Gasteiger partial charge in [-0.1, -0.05) is 12.8 Å². The van der Waals surface area contributed by atoms with Gasteiger partial charge >= 0.3 is 0 Å². The van der Waals surface area contributed by atoms with Crippen molar-refractivity contribution >= 4 is 0 Å². The van der Waals surface area contributed by atoms with E-state index in [2.05, 4.69) is 44.1 Å². The molecule has 1 fully saturated rings. The smallest absolute Gasteiger partial charge is 0.218 e. The van der Waals surface area contributed by atoms with Crippen LogP contribution >= 0.6 is 0 Å². The second-order valence-corrected chi connectivity index (χ2v) is 7.43. The standard InChI is InChI=1S/C18H30N2O/c1-13-10-14(2)20-17(16(13)11-19-18(3,4)5)21-12-15-8-6-7-9-15/h10,15,19H,6-9,11-12H2,1-5H3. The highest BCUT2D eigenvalue weighted by atomic mass is 16.5. The van der Waals surface area contributed by atoms with Gasteiger partial charge in [-0.05, 0) is 65.0 Å². The third-order valence-electron chi connectivity index (χ3n) is 4.16. The van der Waals surface area contributed by atoms with E-state index in [4.69, 9.17) is 4.74 Å². The molecule has 0 aliphatic heterocycles. The van der Waals surface area contributed by atoms with Gasteiger partial charge in [-0.25, -0.2) is 4.98 Å². The molecule has 1 aliphatic carbocycles. The number of nitrogens with one attached hydrogen (secondary N) is 1. The van der Waals surface area contributed by atoms with E-state index in [0.717, 1.165) is 30.6 Å². The van der Waals surface area contributed by atoms with E-state index >= 15 is 0 Å². The zero-order valence-electron chi connectivity index (χ0n) is 14.3. The SMILES string of the molecule is Cc1cc(C)c(CNC(C)(C)C)c(OCC2CCCC2)n1. The van der Waals surface area contributed by atoms with Crippen molar-refractivity contribution < 1.29 is 4.74 Å². The van der Waals surface area contributed by atoms with Crippen LogP contribution in [0.15, 0.2) is 6.07 Å². The summed E-state index contributed by atoms with van der Waals surface area (Å²) >= 11 is 0. The highest BCUT2D eigenvalue weighted by Crippen LogP contribution is 2.27. The van der Waals surface area contributed by atoms with Crippen molar-refractivity contribution in [3.05, 3.63) is 22.9 Å². The van der Waals surface area contributed by atoms with Gasteiger partial charge in [-0.2, -0.15) is 0 Å². The van der Waals surface area contributed by atoms with Crippen LogP contribution in [-0.4, -0.2) is 17.1 Å². The molecule has 0 aromatic carbocycles. The first-order chi connectivity index (χ1) is 9.85. The lowest BCUT2D eigenvalue weighted by Crippen LogP contribution is -2.35. The molecule has 1 aliphatic rings. The predicted octanol–water partition coefficient (Wildman–Crippen LogP) is 4.16. The fourth-order valence-corrected chi connectivity index (χ4v) is 2.89. The fourth-order valence-electron chi connectivity index (χ4n) is 2.89. The lowest BCUT2D eigenvalue weighted by molar-refractivity contribution is 0.239. The molecule has 1 heterocycles. The van der Waals surface area contributed by atoms with Crippen molar-refractivity contribution in [1.29, 1.82) is 0 Å². The molecular weight excluding hydrogens is 260 g/mol. The molecule has 0 amide bonds. The van der Waals surface area contributed by atoms with Crippen LogP contribution in [0.2, 0.25) is 0 Å². The molecule has 0 spiro atoms. The molecule has 3 heteroatoms. The Labute approximate surface area is 129 Å². The van der Waals surface area contributed by atoms with E-state index in [1.54, 1.807) is 0 Å². The van der Waals surface area contributed by atoms with Crippen LogP contribution in [0.25, 0.3) is 0 Å². The zero-order valence-corrected chi connectivity index (χ0v) is 14.3. The van der Waals surface area contributed by atoms with Crippen molar-refractivity contribution in [2.45, 2.75) is 72.4 Å². The van der Waals surface area contributed by atoms with E-state index in [0.29, 0.717) is 0 Å². The summed E-state index contributed by atoms with van der Waals surface area (Å²) in [7, 11) is 0. The van der Waals surface area contributed by atoms with Crippen molar-refractivity contribution in [2.24, 2.45) is 5.92 Å². The second-order valence-electron chi connectivity index (χ2n) is 7.43. The average Bonchev–Trinajstić information content (AvgIpc) is 2.86. The van der Waals surface area contributed by atoms with Crippen LogP contribution in [-0.2, 0) is 6.54 Å². The summed E-state index contributed by atoms with van der Waals surface area (Å²) in [6, 6.07) is 2.14. The summed E-state index contributed by atoms with van der Waals surface area (Å²) < 4.78 is 6.10. The molecule has 1 aromatic heterocycles.